The molecule has 10 heteroatoms. The van der Waals surface area contributed by atoms with Crippen LogP contribution in [0.3, 0.4) is 0 Å². The van der Waals surface area contributed by atoms with Crippen molar-refractivity contribution in [3.8, 4) is 5.75 Å². The third-order valence-corrected chi connectivity index (χ3v) is 5.51. The maximum absolute atomic E-state index is 13.5. The molecule has 3 aromatic rings. The Morgan fingerprint density at radius 1 is 1.03 bits per heavy atom. The number of nitrogens with zero attached hydrogens (tertiary/aromatic N) is 3. The summed E-state index contributed by atoms with van der Waals surface area (Å²) in [6.07, 6.45) is 0. The van der Waals surface area contributed by atoms with Crippen LogP contribution in [0.15, 0.2) is 66.7 Å². The minimum Gasteiger partial charge on any atom is -0.497 e. The lowest BCUT2D eigenvalue weighted by Crippen LogP contribution is -2.44. The molecule has 0 saturated heterocycles. The van der Waals surface area contributed by atoms with E-state index < -0.39 is 29.3 Å². The second kappa shape index (κ2) is 8.71. The Labute approximate surface area is 192 Å². The number of rotatable bonds is 6. The number of carbonyl (C=O) groups is 3. The van der Waals surface area contributed by atoms with Gasteiger partial charge in [0.25, 0.3) is 23.4 Å². The number of fused-ring (bicyclic) bond motifs is 1. The van der Waals surface area contributed by atoms with Gasteiger partial charge in [-0.25, -0.2) is 0 Å². The summed E-state index contributed by atoms with van der Waals surface area (Å²) in [5.41, 5.74) is 0.340. The van der Waals surface area contributed by atoms with Gasteiger partial charge in [-0.1, -0.05) is 23.7 Å². The van der Waals surface area contributed by atoms with Crippen LogP contribution in [0.25, 0.3) is 0 Å². The Hall–Kier alpha value is -4.24. The molecule has 0 spiro atoms. The van der Waals surface area contributed by atoms with Crippen molar-refractivity contribution in [1.29, 1.82) is 0 Å². The van der Waals surface area contributed by atoms with Gasteiger partial charge in [-0.2, -0.15) is 0 Å². The highest BCUT2D eigenvalue weighted by Gasteiger charge is 2.37. The predicted molar refractivity (Wildman–Crippen MR) is 120 cm³/mol. The Bertz CT molecular complexity index is 1260. The number of nitro groups is 1. The second-order valence-corrected chi connectivity index (χ2v) is 7.49. The van der Waals surface area contributed by atoms with E-state index in [2.05, 4.69) is 0 Å². The van der Waals surface area contributed by atoms with Crippen molar-refractivity contribution in [2.45, 2.75) is 0 Å². The van der Waals surface area contributed by atoms with Crippen LogP contribution in [-0.4, -0.2) is 41.3 Å². The molecule has 1 aliphatic heterocycles. The molecule has 3 aromatic carbocycles. The van der Waals surface area contributed by atoms with Crippen molar-refractivity contribution < 1.29 is 24.0 Å². The number of halogens is 1. The van der Waals surface area contributed by atoms with Gasteiger partial charge >= 0.3 is 0 Å². The normalized spacial score (nSPS) is 12.5. The van der Waals surface area contributed by atoms with E-state index in [9.17, 15) is 24.5 Å². The molecule has 9 nitrogen and oxygen atoms in total. The molecule has 0 bridgehead atoms. The highest BCUT2D eigenvalue weighted by molar-refractivity contribution is 6.34. The van der Waals surface area contributed by atoms with Gasteiger partial charge in [0.1, 0.15) is 12.4 Å². The summed E-state index contributed by atoms with van der Waals surface area (Å²) < 4.78 is 5.15. The fourth-order valence-electron chi connectivity index (χ4n) is 3.47. The molecule has 1 heterocycles. The first-order valence-electron chi connectivity index (χ1n) is 9.67. The van der Waals surface area contributed by atoms with E-state index in [0.717, 1.165) is 15.9 Å². The Morgan fingerprint density at radius 2 is 1.64 bits per heavy atom. The summed E-state index contributed by atoms with van der Waals surface area (Å²) in [5.74, 6) is -1.29. The Balaban J connectivity index is 1.76. The van der Waals surface area contributed by atoms with Gasteiger partial charge in [0.05, 0.1) is 33.7 Å². The zero-order valence-electron chi connectivity index (χ0n) is 17.2. The molecule has 0 atom stereocenters. The summed E-state index contributed by atoms with van der Waals surface area (Å²) in [6.45, 7) is -0.420. The number of non-ortho nitro benzene ring substituents is 1. The number of methoxy groups -OCH3 is 1. The smallest absolute Gasteiger partial charge is 0.270 e. The zero-order valence-corrected chi connectivity index (χ0v) is 18.0. The van der Waals surface area contributed by atoms with Crippen LogP contribution in [0, 0.1) is 10.1 Å². The molecule has 0 unspecified atom stereocenters. The van der Waals surface area contributed by atoms with E-state index in [0.29, 0.717) is 11.4 Å². The lowest BCUT2D eigenvalue weighted by Gasteiger charge is -2.27. The number of imide groups is 1. The third-order valence-electron chi connectivity index (χ3n) is 5.18. The molecule has 0 saturated carbocycles. The first kappa shape index (κ1) is 22.0. The van der Waals surface area contributed by atoms with Gasteiger partial charge in [0.15, 0.2) is 0 Å². The van der Waals surface area contributed by atoms with Crippen molar-refractivity contribution in [3.05, 3.63) is 98.6 Å². The lowest BCUT2D eigenvalue weighted by molar-refractivity contribution is -0.384. The molecular formula is C23H16ClN3O6. The molecule has 3 amide bonds. The van der Waals surface area contributed by atoms with Gasteiger partial charge in [-0.15, -0.1) is 0 Å². The van der Waals surface area contributed by atoms with Gasteiger partial charge in [0.2, 0.25) is 0 Å². The number of nitro benzene ring substituents is 1. The van der Waals surface area contributed by atoms with E-state index in [1.54, 1.807) is 36.4 Å². The van der Waals surface area contributed by atoms with Crippen LogP contribution in [-0.2, 0) is 0 Å². The van der Waals surface area contributed by atoms with Gasteiger partial charge in [0, 0.05) is 17.8 Å². The minimum atomic E-state index is -0.717. The number of hydrogen-bond donors (Lipinski definition) is 0. The summed E-state index contributed by atoms with van der Waals surface area (Å²) >= 11 is 6.18. The highest BCUT2D eigenvalue weighted by Crippen LogP contribution is 2.29. The molecule has 0 radical (unpaired) electrons. The molecule has 1 aliphatic rings. The summed E-state index contributed by atoms with van der Waals surface area (Å²) in [5, 5.41) is 11.2. The van der Waals surface area contributed by atoms with E-state index in [1.165, 1.54) is 31.4 Å². The first-order chi connectivity index (χ1) is 15.8. The standard InChI is InChI=1S/C23H16ClN3O6/c1-33-16-9-6-14(7-10-16)25(23(30)19-12-15(27(31)32)8-11-20(19)24)13-26-21(28)17-4-2-3-5-18(17)22(26)29/h2-12H,13H2,1H3. The molecule has 4 rings (SSSR count). The molecule has 166 valence electrons. The van der Waals surface area contributed by atoms with Crippen molar-refractivity contribution in [3.63, 3.8) is 0 Å². The topological polar surface area (TPSA) is 110 Å². The van der Waals surface area contributed by atoms with E-state index in [1.807, 2.05) is 0 Å². The Kier molecular flexibility index (Phi) is 5.80. The van der Waals surface area contributed by atoms with Crippen LogP contribution in [0.5, 0.6) is 5.75 Å². The van der Waals surface area contributed by atoms with Gasteiger partial charge in [-0.3, -0.25) is 34.3 Å². The van der Waals surface area contributed by atoms with Gasteiger partial charge in [-0.05, 0) is 42.5 Å². The molecule has 0 fully saturated rings. The number of anilines is 1. The number of benzene rings is 3. The number of ether oxygens (including phenoxy) is 1. The van der Waals surface area contributed by atoms with Gasteiger partial charge < -0.3 is 4.74 Å². The fourth-order valence-corrected chi connectivity index (χ4v) is 3.67. The molecule has 33 heavy (non-hydrogen) atoms. The van der Waals surface area contributed by atoms with Crippen molar-refractivity contribution in [2.24, 2.45) is 0 Å². The summed E-state index contributed by atoms with van der Waals surface area (Å²) in [7, 11) is 1.49. The monoisotopic (exact) mass is 465 g/mol. The van der Waals surface area contributed by atoms with Crippen LogP contribution in [0.1, 0.15) is 31.1 Å². The maximum Gasteiger partial charge on any atom is 0.270 e. The average molecular weight is 466 g/mol. The van der Waals surface area contributed by atoms with Crippen LogP contribution < -0.4 is 9.64 Å². The van der Waals surface area contributed by atoms with Crippen LogP contribution in [0.2, 0.25) is 5.02 Å². The molecule has 0 aliphatic carbocycles. The molecular weight excluding hydrogens is 450 g/mol. The highest BCUT2D eigenvalue weighted by atomic mass is 35.5. The SMILES string of the molecule is COc1ccc(N(CN2C(=O)c3ccccc3C2=O)C(=O)c2cc([N+](=O)[O-])ccc2Cl)cc1. The van der Waals surface area contributed by atoms with E-state index in [4.69, 9.17) is 16.3 Å². The maximum atomic E-state index is 13.5. The largest absolute Gasteiger partial charge is 0.497 e. The molecule has 0 aromatic heterocycles. The minimum absolute atomic E-state index is 0.00790. The number of hydrogen-bond acceptors (Lipinski definition) is 6. The zero-order chi connectivity index (χ0) is 23.7. The second-order valence-electron chi connectivity index (χ2n) is 7.08. The summed E-state index contributed by atoms with van der Waals surface area (Å²) in [4.78, 5) is 51.9. The van der Waals surface area contributed by atoms with E-state index in [-0.39, 0.29) is 27.4 Å². The number of amides is 3. The van der Waals surface area contributed by atoms with Crippen LogP contribution in [0.4, 0.5) is 11.4 Å². The average Bonchev–Trinajstić information content (AvgIpc) is 3.07. The van der Waals surface area contributed by atoms with E-state index >= 15 is 0 Å². The first-order valence-corrected chi connectivity index (χ1v) is 10.0. The Morgan fingerprint density at radius 3 is 2.18 bits per heavy atom. The summed E-state index contributed by atoms with van der Waals surface area (Å²) in [6, 6.07) is 16.2. The third kappa shape index (κ3) is 4.01. The number of carbonyl (C=O) groups excluding carboxylic acids is 3. The van der Waals surface area contributed by atoms with Crippen molar-refractivity contribution in [2.75, 3.05) is 18.7 Å². The lowest BCUT2D eigenvalue weighted by atomic mass is 10.1. The van der Waals surface area contributed by atoms with Crippen molar-refractivity contribution >= 4 is 40.7 Å². The molecule has 0 N–H and O–H groups in total. The quantitative estimate of drug-likeness (QED) is 0.307. The van der Waals surface area contributed by atoms with Crippen LogP contribution >= 0.6 is 11.6 Å². The fraction of sp³-hybridized carbons (Fsp3) is 0.0870. The van der Waals surface area contributed by atoms with Crippen molar-refractivity contribution in [1.82, 2.24) is 4.90 Å². The predicted octanol–water partition coefficient (Wildman–Crippen LogP) is 4.16.